The number of aromatic nitrogens is 1. The van der Waals surface area contributed by atoms with Crippen molar-refractivity contribution in [2.45, 2.75) is 12.8 Å². The molecule has 2 N–H and O–H groups in total. The average molecular weight is 364 g/mol. The lowest BCUT2D eigenvalue weighted by Crippen LogP contribution is -2.30. The molecule has 0 atom stereocenters. The van der Waals surface area contributed by atoms with Gasteiger partial charge in [0.15, 0.2) is 18.1 Å². The molecule has 3 rings (SSSR count). The van der Waals surface area contributed by atoms with Crippen molar-refractivity contribution in [1.29, 1.82) is 0 Å². The Morgan fingerprint density at radius 2 is 2.07 bits per heavy atom. The fourth-order valence-electron chi connectivity index (χ4n) is 2.99. The molecule has 0 aliphatic carbocycles. The van der Waals surface area contributed by atoms with Crippen LogP contribution in [-0.4, -0.2) is 31.2 Å². The second-order valence-corrected chi connectivity index (χ2v) is 6.23. The number of aromatic amines is 1. The molecule has 27 heavy (non-hydrogen) atoms. The summed E-state index contributed by atoms with van der Waals surface area (Å²) in [6.07, 6.45) is 5.33. The first-order valence-electron chi connectivity index (χ1n) is 8.93. The van der Waals surface area contributed by atoms with Crippen molar-refractivity contribution < 1.29 is 14.3 Å². The normalized spacial score (nSPS) is 10.6. The first-order chi connectivity index (χ1) is 13.2. The Kier molecular flexibility index (Phi) is 6.15. The number of H-pyrrole nitrogens is 1. The van der Waals surface area contributed by atoms with Gasteiger partial charge in [-0.25, -0.2) is 0 Å². The van der Waals surface area contributed by atoms with Crippen molar-refractivity contribution in [3.63, 3.8) is 0 Å². The van der Waals surface area contributed by atoms with Gasteiger partial charge in [-0.15, -0.1) is 6.58 Å². The van der Waals surface area contributed by atoms with Gasteiger partial charge in [-0.1, -0.05) is 30.3 Å². The van der Waals surface area contributed by atoms with Gasteiger partial charge in [0.1, 0.15) is 0 Å². The maximum absolute atomic E-state index is 12.1. The molecule has 0 bridgehead atoms. The maximum Gasteiger partial charge on any atom is 0.257 e. The Morgan fingerprint density at radius 3 is 2.89 bits per heavy atom. The molecule has 1 amide bonds. The molecule has 0 fully saturated rings. The van der Waals surface area contributed by atoms with E-state index in [2.05, 4.69) is 22.9 Å². The maximum atomic E-state index is 12.1. The van der Waals surface area contributed by atoms with Crippen LogP contribution in [-0.2, 0) is 17.6 Å². The molecule has 3 aromatic rings. The highest BCUT2D eigenvalue weighted by Gasteiger charge is 2.09. The van der Waals surface area contributed by atoms with Crippen molar-refractivity contribution in [2.75, 3.05) is 20.3 Å². The summed E-state index contributed by atoms with van der Waals surface area (Å²) >= 11 is 0. The number of hydrogen-bond donors (Lipinski definition) is 2. The molecular weight excluding hydrogens is 340 g/mol. The highest BCUT2D eigenvalue weighted by atomic mass is 16.5. The number of benzene rings is 2. The van der Waals surface area contributed by atoms with E-state index in [-0.39, 0.29) is 12.5 Å². The molecule has 0 unspecified atom stereocenters. The summed E-state index contributed by atoms with van der Waals surface area (Å²) in [5.74, 6) is 1.00. The predicted molar refractivity (Wildman–Crippen MR) is 107 cm³/mol. The lowest BCUT2D eigenvalue weighted by atomic mass is 10.1. The number of carbonyl (C=O) groups excluding carboxylic acids is 1. The van der Waals surface area contributed by atoms with Gasteiger partial charge in [0.25, 0.3) is 5.91 Å². The Morgan fingerprint density at radius 1 is 1.22 bits per heavy atom. The van der Waals surface area contributed by atoms with Crippen LogP contribution in [0.1, 0.15) is 11.1 Å². The fourth-order valence-corrected chi connectivity index (χ4v) is 2.99. The van der Waals surface area contributed by atoms with Gasteiger partial charge in [-0.05, 0) is 42.2 Å². The van der Waals surface area contributed by atoms with Crippen LogP contribution in [0.15, 0.2) is 61.3 Å². The number of fused-ring (bicyclic) bond motifs is 1. The summed E-state index contributed by atoms with van der Waals surface area (Å²) in [5.41, 5.74) is 3.37. The van der Waals surface area contributed by atoms with Crippen molar-refractivity contribution in [3.05, 3.63) is 72.4 Å². The summed E-state index contributed by atoms with van der Waals surface area (Å²) in [7, 11) is 1.58. The molecule has 0 radical (unpaired) electrons. The standard InChI is InChI=1S/C22H24N2O3/c1-3-6-16-9-10-20(21(13-16)26-2)27-15-22(25)23-12-11-17-14-24-19-8-5-4-7-18(17)19/h3-5,7-10,13-14,24H,1,6,11-12,15H2,2H3,(H,23,25). The lowest BCUT2D eigenvalue weighted by Gasteiger charge is -2.12. The Balaban J connectivity index is 1.49. The molecule has 0 aliphatic rings. The third-order valence-corrected chi connectivity index (χ3v) is 4.36. The monoisotopic (exact) mass is 364 g/mol. The third-order valence-electron chi connectivity index (χ3n) is 4.36. The van der Waals surface area contributed by atoms with E-state index in [9.17, 15) is 4.79 Å². The van der Waals surface area contributed by atoms with E-state index >= 15 is 0 Å². The van der Waals surface area contributed by atoms with Crippen LogP contribution in [0.2, 0.25) is 0 Å². The smallest absolute Gasteiger partial charge is 0.257 e. The number of rotatable bonds is 9. The number of carbonyl (C=O) groups is 1. The molecule has 2 aromatic carbocycles. The zero-order valence-electron chi connectivity index (χ0n) is 15.5. The van der Waals surface area contributed by atoms with Gasteiger partial charge in [-0.3, -0.25) is 4.79 Å². The first kappa shape index (κ1) is 18.6. The van der Waals surface area contributed by atoms with Crippen molar-refractivity contribution in [2.24, 2.45) is 0 Å². The van der Waals surface area contributed by atoms with E-state index < -0.39 is 0 Å². The van der Waals surface area contributed by atoms with Gasteiger partial charge in [0.05, 0.1) is 7.11 Å². The molecular formula is C22H24N2O3. The fraction of sp³-hybridized carbons (Fsp3) is 0.227. The second kappa shape index (κ2) is 8.94. The molecule has 5 heteroatoms. The number of nitrogens with one attached hydrogen (secondary N) is 2. The minimum atomic E-state index is -0.160. The minimum absolute atomic E-state index is 0.0505. The number of para-hydroxylation sites is 1. The molecule has 1 heterocycles. The Labute approximate surface area is 159 Å². The SMILES string of the molecule is C=CCc1ccc(OCC(=O)NCCc2c[nH]c3ccccc23)c(OC)c1. The van der Waals surface area contributed by atoms with E-state index in [1.807, 2.05) is 48.7 Å². The summed E-state index contributed by atoms with van der Waals surface area (Å²) in [6, 6.07) is 13.8. The molecule has 0 aliphatic heterocycles. The number of allylic oxidation sites excluding steroid dienone is 1. The zero-order valence-corrected chi connectivity index (χ0v) is 15.5. The van der Waals surface area contributed by atoms with E-state index in [4.69, 9.17) is 9.47 Å². The van der Waals surface area contributed by atoms with Crippen LogP contribution in [0.4, 0.5) is 0 Å². The van der Waals surface area contributed by atoms with Gasteiger partial charge >= 0.3 is 0 Å². The number of amides is 1. The highest BCUT2D eigenvalue weighted by Crippen LogP contribution is 2.28. The minimum Gasteiger partial charge on any atom is -0.493 e. The first-order valence-corrected chi connectivity index (χ1v) is 8.93. The molecule has 5 nitrogen and oxygen atoms in total. The molecule has 0 saturated carbocycles. The van der Waals surface area contributed by atoms with Crippen LogP contribution in [0.5, 0.6) is 11.5 Å². The second-order valence-electron chi connectivity index (χ2n) is 6.23. The average Bonchev–Trinajstić information content (AvgIpc) is 3.10. The zero-order chi connectivity index (χ0) is 19.1. The molecule has 140 valence electrons. The topological polar surface area (TPSA) is 63.3 Å². The van der Waals surface area contributed by atoms with Gasteiger partial charge in [0.2, 0.25) is 0 Å². The van der Waals surface area contributed by atoms with Crippen molar-refractivity contribution in [3.8, 4) is 11.5 Å². The van der Waals surface area contributed by atoms with Crippen LogP contribution in [0.3, 0.4) is 0 Å². The summed E-state index contributed by atoms with van der Waals surface area (Å²) in [6.45, 7) is 4.23. The van der Waals surface area contributed by atoms with Crippen LogP contribution >= 0.6 is 0 Å². The van der Waals surface area contributed by atoms with Crippen LogP contribution in [0, 0.1) is 0 Å². The van der Waals surface area contributed by atoms with Crippen molar-refractivity contribution in [1.82, 2.24) is 10.3 Å². The third kappa shape index (κ3) is 4.70. The largest absolute Gasteiger partial charge is 0.493 e. The van der Waals surface area contributed by atoms with E-state index in [0.717, 1.165) is 23.9 Å². The highest BCUT2D eigenvalue weighted by molar-refractivity contribution is 5.83. The van der Waals surface area contributed by atoms with E-state index in [1.165, 1.54) is 10.9 Å². The molecule has 1 aromatic heterocycles. The Bertz CT molecular complexity index is 930. The number of methoxy groups -OCH3 is 1. The number of ether oxygens (including phenoxy) is 2. The lowest BCUT2D eigenvalue weighted by molar-refractivity contribution is -0.123. The number of hydrogen-bond acceptors (Lipinski definition) is 3. The Hall–Kier alpha value is -3.21. The van der Waals surface area contributed by atoms with Gasteiger partial charge in [0, 0.05) is 23.6 Å². The van der Waals surface area contributed by atoms with Gasteiger partial charge < -0.3 is 19.8 Å². The summed E-state index contributed by atoms with van der Waals surface area (Å²) < 4.78 is 11.0. The van der Waals surface area contributed by atoms with Crippen LogP contribution < -0.4 is 14.8 Å². The summed E-state index contributed by atoms with van der Waals surface area (Å²) in [4.78, 5) is 15.3. The molecule has 0 saturated heterocycles. The predicted octanol–water partition coefficient (Wildman–Crippen LogP) is 3.64. The summed E-state index contributed by atoms with van der Waals surface area (Å²) in [5, 5.41) is 4.08. The van der Waals surface area contributed by atoms with Gasteiger partial charge in [-0.2, -0.15) is 0 Å². The quantitative estimate of drug-likeness (QED) is 0.570. The van der Waals surface area contributed by atoms with E-state index in [1.54, 1.807) is 7.11 Å². The van der Waals surface area contributed by atoms with E-state index in [0.29, 0.717) is 18.0 Å². The van der Waals surface area contributed by atoms with Crippen LogP contribution in [0.25, 0.3) is 10.9 Å². The molecule has 0 spiro atoms. The van der Waals surface area contributed by atoms with Crippen molar-refractivity contribution >= 4 is 16.8 Å².